The van der Waals surface area contributed by atoms with Crippen molar-refractivity contribution < 1.29 is 9.18 Å². The Balaban J connectivity index is 2.18. The molecule has 0 unspecified atom stereocenters. The van der Waals surface area contributed by atoms with E-state index in [0.717, 1.165) is 10.9 Å². The Hall–Kier alpha value is -2.55. The summed E-state index contributed by atoms with van der Waals surface area (Å²) in [6.45, 7) is 1.74. The fraction of sp³-hybridized carbons (Fsp3) is 0.0588. The topological polar surface area (TPSA) is 30.0 Å². The van der Waals surface area contributed by atoms with Gasteiger partial charge in [0.2, 0.25) is 0 Å². The van der Waals surface area contributed by atoms with E-state index in [1.807, 2.05) is 12.1 Å². The lowest BCUT2D eigenvalue weighted by Gasteiger charge is -2.07. The van der Waals surface area contributed by atoms with Crippen LogP contribution in [0.5, 0.6) is 0 Å². The van der Waals surface area contributed by atoms with Crippen LogP contribution in [-0.4, -0.2) is 10.8 Å². The molecular weight excluding hydrogens is 253 g/mol. The molecule has 0 spiro atoms. The number of rotatable bonds is 2. The predicted octanol–water partition coefficient (Wildman–Crippen LogP) is 3.91. The van der Waals surface area contributed by atoms with Crippen molar-refractivity contribution in [3.05, 3.63) is 77.2 Å². The van der Waals surface area contributed by atoms with E-state index in [4.69, 9.17) is 0 Å². The maximum atomic E-state index is 13.1. The molecule has 20 heavy (non-hydrogen) atoms. The van der Waals surface area contributed by atoms with E-state index < -0.39 is 0 Å². The fourth-order valence-corrected chi connectivity index (χ4v) is 2.33. The highest BCUT2D eigenvalue weighted by atomic mass is 19.1. The molecule has 0 saturated carbocycles. The first kappa shape index (κ1) is 12.5. The number of aromatic nitrogens is 1. The first-order chi connectivity index (χ1) is 9.66. The number of hydrogen-bond donors (Lipinski definition) is 0. The molecule has 98 valence electrons. The second-order valence-electron chi connectivity index (χ2n) is 4.66. The zero-order chi connectivity index (χ0) is 14.1. The van der Waals surface area contributed by atoms with Gasteiger partial charge in [-0.05, 0) is 42.8 Å². The number of pyridine rings is 1. The Bertz CT molecular complexity index is 806. The van der Waals surface area contributed by atoms with Crippen molar-refractivity contribution in [3.63, 3.8) is 0 Å². The lowest BCUT2D eigenvalue weighted by atomic mass is 9.96. The minimum absolute atomic E-state index is 0.110. The first-order valence-electron chi connectivity index (χ1n) is 6.31. The average molecular weight is 265 g/mol. The quantitative estimate of drug-likeness (QED) is 0.657. The number of fused-ring (bicyclic) bond motifs is 1. The zero-order valence-electron chi connectivity index (χ0n) is 10.9. The number of carbonyl (C=O) groups excluding carboxylic acids is 1. The Morgan fingerprint density at radius 2 is 1.90 bits per heavy atom. The molecule has 3 rings (SSSR count). The number of ketones is 1. The summed E-state index contributed by atoms with van der Waals surface area (Å²) in [5.41, 5.74) is 2.52. The van der Waals surface area contributed by atoms with E-state index in [-0.39, 0.29) is 11.6 Å². The molecule has 0 N–H and O–H groups in total. The third kappa shape index (κ3) is 2.07. The van der Waals surface area contributed by atoms with Gasteiger partial charge >= 0.3 is 0 Å². The maximum absolute atomic E-state index is 13.1. The van der Waals surface area contributed by atoms with Gasteiger partial charge in [0.05, 0.1) is 5.52 Å². The smallest absolute Gasteiger partial charge is 0.193 e. The third-order valence-corrected chi connectivity index (χ3v) is 3.32. The highest BCUT2D eigenvalue weighted by Gasteiger charge is 2.15. The van der Waals surface area contributed by atoms with Crippen LogP contribution >= 0.6 is 0 Å². The van der Waals surface area contributed by atoms with Gasteiger partial charge in [-0.2, -0.15) is 0 Å². The van der Waals surface area contributed by atoms with Gasteiger partial charge in [-0.25, -0.2) is 4.39 Å². The summed E-state index contributed by atoms with van der Waals surface area (Å²) in [6, 6.07) is 13.3. The van der Waals surface area contributed by atoms with E-state index >= 15 is 0 Å². The van der Waals surface area contributed by atoms with Crippen molar-refractivity contribution in [2.45, 2.75) is 6.92 Å². The van der Waals surface area contributed by atoms with Crippen LogP contribution in [0.15, 0.2) is 54.7 Å². The molecule has 1 heterocycles. The molecular formula is C17H12FNO. The number of nitrogens with zero attached hydrogens (tertiary/aromatic N) is 1. The summed E-state index contributed by atoms with van der Waals surface area (Å²) in [5.74, 6) is -0.445. The summed E-state index contributed by atoms with van der Waals surface area (Å²) in [6.07, 6.45) is 1.69. The van der Waals surface area contributed by atoms with E-state index in [2.05, 4.69) is 4.98 Å². The van der Waals surface area contributed by atoms with Gasteiger partial charge < -0.3 is 0 Å². The Kier molecular flexibility index (Phi) is 3.03. The zero-order valence-corrected chi connectivity index (χ0v) is 10.9. The molecule has 0 bridgehead atoms. The van der Waals surface area contributed by atoms with Crippen LogP contribution < -0.4 is 0 Å². The highest BCUT2D eigenvalue weighted by Crippen LogP contribution is 2.21. The van der Waals surface area contributed by atoms with E-state index in [1.165, 1.54) is 18.2 Å². The molecule has 0 aliphatic heterocycles. The summed E-state index contributed by atoms with van der Waals surface area (Å²) in [4.78, 5) is 16.9. The highest BCUT2D eigenvalue weighted by molar-refractivity contribution is 6.16. The first-order valence-corrected chi connectivity index (χ1v) is 6.31. The van der Waals surface area contributed by atoms with Gasteiger partial charge in [0.15, 0.2) is 5.78 Å². The second kappa shape index (κ2) is 4.85. The number of halogens is 1. The molecule has 3 aromatic rings. The van der Waals surface area contributed by atoms with Crippen molar-refractivity contribution in [1.82, 2.24) is 4.98 Å². The van der Waals surface area contributed by atoms with Gasteiger partial charge in [-0.3, -0.25) is 9.78 Å². The van der Waals surface area contributed by atoms with Crippen LogP contribution in [0.2, 0.25) is 0 Å². The van der Waals surface area contributed by atoms with E-state index in [0.29, 0.717) is 16.7 Å². The fourth-order valence-electron chi connectivity index (χ4n) is 2.33. The van der Waals surface area contributed by atoms with E-state index in [1.54, 1.807) is 31.3 Å². The van der Waals surface area contributed by atoms with Crippen molar-refractivity contribution in [3.8, 4) is 0 Å². The molecule has 1 aromatic heterocycles. The standard InChI is InChI=1S/C17H12FNO/c1-11-10-12(18)7-8-13(11)17(20)15-4-2-6-16-14(15)5-3-9-19-16/h2-10H,1H3. The molecule has 3 heteroatoms. The van der Waals surface area contributed by atoms with Crippen LogP contribution in [0.25, 0.3) is 10.9 Å². The molecule has 2 nitrogen and oxygen atoms in total. The molecule has 0 saturated heterocycles. The van der Waals surface area contributed by atoms with Gasteiger partial charge in [-0.1, -0.05) is 18.2 Å². The molecule has 2 aromatic carbocycles. The van der Waals surface area contributed by atoms with Gasteiger partial charge in [0.25, 0.3) is 0 Å². The number of aryl methyl sites for hydroxylation is 1. The third-order valence-electron chi connectivity index (χ3n) is 3.32. The summed E-state index contributed by atoms with van der Waals surface area (Å²) >= 11 is 0. The van der Waals surface area contributed by atoms with Crippen LogP contribution in [0.1, 0.15) is 21.5 Å². The Morgan fingerprint density at radius 3 is 2.70 bits per heavy atom. The van der Waals surface area contributed by atoms with Gasteiger partial charge in [-0.15, -0.1) is 0 Å². The molecule has 0 radical (unpaired) electrons. The molecule has 0 aliphatic carbocycles. The second-order valence-corrected chi connectivity index (χ2v) is 4.66. The summed E-state index contributed by atoms with van der Waals surface area (Å²) in [5, 5.41) is 0.809. The monoisotopic (exact) mass is 265 g/mol. The van der Waals surface area contributed by atoms with Gasteiger partial charge in [0.1, 0.15) is 5.82 Å². The predicted molar refractivity (Wildman–Crippen MR) is 76.3 cm³/mol. The minimum atomic E-state index is -0.335. The van der Waals surface area contributed by atoms with Crippen molar-refractivity contribution in [2.24, 2.45) is 0 Å². The van der Waals surface area contributed by atoms with Crippen molar-refractivity contribution in [2.75, 3.05) is 0 Å². The van der Waals surface area contributed by atoms with Crippen molar-refractivity contribution in [1.29, 1.82) is 0 Å². The molecule has 0 amide bonds. The Labute approximate surface area is 115 Å². The molecule has 0 atom stereocenters. The van der Waals surface area contributed by atoms with Gasteiger partial charge in [0, 0.05) is 22.7 Å². The van der Waals surface area contributed by atoms with Crippen LogP contribution in [0.4, 0.5) is 4.39 Å². The average Bonchev–Trinajstić information content (AvgIpc) is 2.46. The number of carbonyl (C=O) groups is 1. The normalized spacial score (nSPS) is 10.7. The lowest BCUT2D eigenvalue weighted by molar-refractivity contribution is 0.103. The van der Waals surface area contributed by atoms with Crippen molar-refractivity contribution >= 4 is 16.7 Å². The molecule has 0 fully saturated rings. The summed E-state index contributed by atoms with van der Waals surface area (Å²) in [7, 11) is 0. The number of benzene rings is 2. The van der Waals surface area contributed by atoms with Crippen LogP contribution in [-0.2, 0) is 0 Å². The SMILES string of the molecule is Cc1cc(F)ccc1C(=O)c1cccc2ncccc12. The van der Waals surface area contributed by atoms with Crippen LogP contribution in [0, 0.1) is 12.7 Å². The number of hydrogen-bond acceptors (Lipinski definition) is 2. The Morgan fingerprint density at radius 1 is 1.05 bits per heavy atom. The summed E-state index contributed by atoms with van der Waals surface area (Å²) < 4.78 is 13.1. The largest absolute Gasteiger partial charge is 0.289 e. The maximum Gasteiger partial charge on any atom is 0.193 e. The lowest BCUT2D eigenvalue weighted by Crippen LogP contribution is -2.05. The van der Waals surface area contributed by atoms with Crippen LogP contribution in [0.3, 0.4) is 0 Å². The molecule has 0 aliphatic rings. The minimum Gasteiger partial charge on any atom is -0.289 e. The van der Waals surface area contributed by atoms with E-state index in [9.17, 15) is 9.18 Å².